The highest BCUT2D eigenvalue weighted by molar-refractivity contribution is 9.09. The molecular weight excluding hydrogens is 312 g/mol. The normalized spacial score (nSPS) is 12.2. The van der Waals surface area contributed by atoms with E-state index in [1.165, 1.54) is 16.7 Å². The maximum Gasteiger partial charge on any atom is 0.119 e. The molecule has 0 aliphatic carbocycles. The lowest BCUT2D eigenvalue weighted by Crippen LogP contribution is -2.10. The third kappa shape index (κ3) is 4.38. The lowest BCUT2D eigenvalue weighted by Gasteiger charge is -2.15. The summed E-state index contributed by atoms with van der Waals surface area (Å²) in [5.41, 5.74) is 4.08. The molecule has 0 aromatic heterocycles. The van der Waals surface area contributed by atoms with Gasteiger partial charge in [0.1, 0.15) is 5.75 Å². The number of methoxy groups -OCH3 is 1. The minimum Gasteiger partial charge on any atom is -0.497 e. The number of hydrogen-bond donors (Lipinski definition) is 0. The zero-order chi connectivity index (χ0) is 14.4. The number of alkyl halides is 1. The molecule has 0 N–H and O–H groups in total. The third-order valence-corrected chi connectivity index (χ3v) is 4.40. The van der Waals surface area contributed by atoms with Gasteiger partial charge < -0.3 is 4.74 Å². The van der Waals surface area contributed by atoms with E-state index in [9.17, 15) is 0 Å². The van der Waals surface area contributed by atoms with Crippen molar-refractivity contribution in [2.75, 3.05) is 12.4 Å². The van der Waals surface area contributed by atoms with Gasteiger partial charge in [-0.25, -0.2) is 0 Å². The van der Waals surface area contributed by atoms with Crippen molar-refractivity contribution in [3.05, 3.63) is 65.2 Å². The first-order chi connectivity index (χ1) is 9.71. The van der Waals surface area contributed by atoms with Crippen molar-refractivity contribution in [3.8, 4) is 5.75 Å². The Morgan fingerprint density at radius 2 is 1.65 bits per heavy atom. The Hall–Kier alpha value is -1.28. The molecule has 1 atom stereocenters. The van der Waals surface area contributed by atoms with Crippen molar-refractivity contribution >= 4 is 15.9 Å². The molecule has 0 aliphatic rings. The molecule has 0 aliphatic heterocycles. The molecule has 0 fully saturated rings. The van der Waals surface area contributed by atoms with Crippen LogP contribution in [0.3, 0.4) is 0 Å². The van der Waals surface area contributed by atoms with Gasteiger partial charge in [0.05, 0.1) is 7.11 Å². The van der Waals surface area contributed by atoms with Crippen LogP contribution in [0.25, 0.3) is 0 Å². The Kier molecular flexibility index (Phi) is 5.66. The van der Waals surface area contributed by atoms with Crippen molar-refractivity contribution < 1.29 is 4.74 Å². The summed E-state index contributed by atoms with van der Waals surface area (Å²) in [5, 5.41) is 1.01. The minimum atomic E-state index is 0.601. The van der Waals surface area contributed by atoms with E-state index in [1.54, 1.807) is 7.11 Å². The van der Waals surface area contributed by atoms with Crippen molar-refractivity contribution in [1.29, 1.82) is 0 Å². The summed E-state index contributed by atoms with van der Waals surface area (Å²) in [5.74, 6) is 1.54. The number of halogens is 1. The van der Waals surface area contributed by atoms with Crippen molar-refractivity contribution in [1.82, 2.24) is 0 Å². The Morgan fingerprint density at radius 3 is 2.25 bits per heavy atom. The molecule has 1 nitrogen and oxygen atoms in total. The zero-order valence-corrected chi connectivity index (χ0v) is 13.7. The standard InChI is InChI=1S/C18H21BrO/c1-14-5-3-6-15(9-14)10-17(13-19)11-16-7-4-8-18(12-16)20-2/h3-9,12,17H,10-11,13H2,1-2H3. The summed E-state index contributed by atoms with van der Waals surface area (Å²) in [6.45, 7) is 2.15. The van der Waals surface area contributed by atoms with E-state index in [0.717, 1.165) is 23.9 Å². The van der Waals surface area contributed by atoms with Crippen molar-refractivity contribution in [3.63, 3.8) is 0 Å². The van der Waals surface area contributed by atoms with Gasteiger partial charge in [-0.05, 0) is 48.9 Å². The van der Waals surface area contributed by atoms with Gasteiger partial charge in [0.2, 0.25) is 0 Å². The third-order valence-electron chi connectivity index (χ3n) is 3.48. The Morgan fingerprint density at radius 1 is 1.00 bits per heavy atom. The Labute approximate surface area is 130 Å². The van der Waals surface area contributed by atoms with Crippen LogP contribution in [0.15, 0.2) is 48.5 Å². The summed E-state index contributed by atoms with van der Waals surface area (Å²) in [7, 11) is 1.72. The smallest absolute Gasteiger partial charge is 0.119 e. The molecule has 2 aromatic rings. The van der Waals surface area contributed by atoms with Gasteiger partial charge in [0.15, 0.2) is 0 Å². The molecule has 20 heavy (non-hydrogen) atoms. The van der Waals surface area contributed by atoms with Crippen molar-refractivity contribution in [2.24, 2.45) is 5.92 Å². The van der Waals surface area contributed by atoms with Crippen LogP contribution in [0.4, 0.5) is 0 Å². The second-order valence-electron chi connectivity index (χ2n) is 5.27. The summed E-state index contributed by atoms with van der Waals surface area (Å²) < 4.78 is 5.29. The molecule has 1 unspecified atom stereocenters. The molecule has 0 spiro atoms. The quantitative estimate of drug-likeness (QED) is 0.690. The summed E-state index contributed by atoms with van der Waals surface area (Å²) >= 11 is 3.65. The Balaban J connectivity index is 2.05. The SMILES string of the molecule is COc1cccc(CC(CBr)Cc2cccc(C)c2)c1. The second-order valence-corrected chi connectivity index (χ2v) is 5.92. The van der Waals surface area contributed by atoms with E-state index in [2.05, 4.69) is 65.3 Å². The van der Waals surface area contributed by atoms with Crippen LogP contribution in [0.1, 0.15) is 16.7 Å². The monoisotopic (exact) mass is 332 g/mol. The summed E-state index contributed by atoms with van der Waals surface area (Å²) in [4.78, 5) is 0. The van der Waals surface area contributed by atoms with Gasteiger partial charge in [0, 0.05) is 5.33 Å². The maximum absolute atomic E-state index is 5.29. The first kappa shape index (κ1) is 15.1. The fraction of sp³-hybridized carbons (Fsp3) is 0.333. The molecule has 0 heterocycles. The number of benzene rings is 2. The highest BCUT2D eigenvalue weighted by atomic mass is 79.9. The van der Waals surface area contributed by atoms with E-state index in [-0.39, 0.29) is 0 Å². The van der Waals surface area contributed by atoms with Gasteiger partial charge >= 0.3 is 0 Å². The molecule has 0 amide bonds. The molecule has 0 radical (unpaired) electrons. The van der Waals surface area contributed by atoms with Gasteiger partial charge in [-0.3, -0.25) is 0 Å². The average molecular weight is 333 g/mol. The predicted octanol–water partition coefficient (Wildman–Crippen LogP) is 4.80. The molecule has 0 saturated carbocycles. The van der Waals surface area contributed by atoms with Crippen LogP contribution < -0.4 is 4.74 Å². The number of ether oxygens (including phenoxy) is 1. The fourth-order valence-electron chi connectivity index (χ4n) is 2.49. The van der Waals surface area contributed by atoms with Gasteiger partial charge in [-0.2, -0.15) is 0 Å². The summed E-state index contributed by atoms with van der Waals surface area (Å²) in [6, 6.07) is 17.1. The van der Waals surface area contributed by atoms with E-state index >= 15 is 0 Å². The van der Waals surface area contributed by atoms with E-state index in [1.807, 2.05) is 6.07 Å². The lowest BCUT2D eigenvalue weighted by molar-refractivity contribution is 0.414. The second kappa shape index (κ2) is 7.49. The van der Waals surface area contributed by atoms with Crippen LogP contribution in [-0.2, 0) is 12.8 Å². The molecule has 106 valence electrons. The molecule has 0 bridgehead atoms. The maximum atomic E-state index is 5.29. The van der Waals surface area contributed by atoms with Crippen molar-refractivity contribution in [2.45, 2.75) is 19.8 Å². The van der Waals surface area contributed by atoms with E-state index in [0.29, 0.717) is 5.92 Å². The fourth-order valence-corrected chi connectivity index (χ4v) is 2.94. The first-order valence-electron chi connectivity index (χ1n) is 6.95. The number of rotatable bonds is 6. The molecule has 2 aromatic carbocycles. The number of hydrogen-bond acceptors (Lipinski definition) is 1. The Bertz CT molecular complexity index is 551. The lowest BCUT2D eigenvalue weighted by atomic mass is 9.93. The van der Waals surface area contributed by atoms with Crippen LogP contribution >= 0.6 is 15.9 Å². The molecule has 0 saturated heterocycles. The average Bonchev–Trinajstić information content (AvgIpc) is 2.47. The molecule has 2 rings (SSSR count). The largest absolute Gasteiger partial charge is 0.497 e. The van der Waals surface area contributed by atoms with Gasteiger partial charge in [-0.15, -0.1) is 0 Å². The van der Waals surface area contributed by atoms with Crippen LogP contribution in [0.5, 0.6) is 5.75 Å². The minimum absolute atomic E-state index is 0.601. The van der Waals surface area contributed by atoms with E-state index < -0.39 is 0 Å². The van der Waals surface area contributed by atoms with Gasteiger partial charge in [0.25, 0.3) is 0 Å². The number of aryl methyl sites for hydroxylation is 1. The summed E-state index contributed by atoms with van der Waals surface area (Å²) in [6.07, 6.45) is 2.17. The molecule has 2 heteroatoms. The van der Waals surface area contributed by atoms with Crippen LogP contribution in [0, 0.1) is 12.8 Å². The van der Waals surface area contributed by atoms with E-state index in [4.69, 9.17) is 4.74 Å². The van der Waals surface area contributed by atoms with Crippen LogP contribution in [0.2, 0.25) is 0 Å². The highest BCUT2D eigenvalue weighted by Gasteiger charge is 2.10. The topological polar surface area (TPSA) is 9.23 Å². The predicted molar refractivity (Wildman–Crippen MR) is 88.9 cm³/mol. The highest BCUT2D eigenvalue weighted by Crippen LogP contribution is 2.20. The van der Waals surface area contributed by atoms with Crippen LogP contribution in [-0.4, -0.2) is 12.4 Å². The van der Waals surface area contributed by atoms with Gasteiger partial charge in [-0.1, -0.05) is 57.9 Å². The zero-order valence-electron chi connectivity index (χ0n) is 12.1. The molecular formula is C18H21BrO. The first-order valence-corrected chi connectivity index (χ1v) is 8.08.